The Morgan fingerprint density at radius 1 is 1.32 bits per heavy atom. The number of carbonyl (C=O) groups excluding carboxylic acids is 1. The highest BCUT2D eigenvalue weighted by atomic mass is 19.2. The summed E-state index contributed by atoms with van der Waals surface area (Å²) in [7, 11) is 0. The van der Waals surface area contributed by atoms with Gasteiger partial charge < -0.3 is 15.7 Å². The van der Waals surface area contributed by atoms with Gasteiger partial charge in [0.2, 0.25) is 0 Å². The molecule has 8 heteroatoms. The summed E-state index contributed by atoms with van der Waals surface area (Å²) in [6.07, 6.45) is 0.0999. The Labute approximate surface area is 106 Å². The van der Waals surface area contributed by atoms with Crippen LogP contribution in [0.5, 0.6) is 0 Å². The van der Waals surface area contributed by atoms with Crippen LogP contribution in [-0.2, 0) is 4.79 Å². The van der Waals surface area contributed by atoms with E-state index in [-0.39, 0.29) is 6.42 Å². The lowest BCUT2D eigenvalue weighted by Gasteiger charge is -2.13. The minimum atomic E-state index is -1.46. The van der Waals surface area contributed by atoms with Crippen LogP contribution in [0.3, 0.4) is 0 Å². The van der Waals surface area contributed by atoms with Gasteiger partial charge in [0.1, 0.15) is 11.9 Å². The SMILES string of the molecule is CC[C@H](NC(=O)Nc1cc(F)cc(F)c1F)C(=O)O. The number of benzene rings is 1. The molecule has 0 bridgehead atoms. The molecule has 1 rings (SSSR count). The van der Waals surface area contributed by atoms with Crippen molar-refractivity contribution >= 4 is 17.7 Å². The topological polar surface area (TPSA) is 78.4 Å². The number of halogens is 3. The standard InChI is InChI=1S/C11H11F3N2O3/c1-2-7(10(17)18)15-11(19)16-8-4-5(12)3-6(13)9(8)14/h3-4,7H,2H2,1H3,(H,17,18)(H2,15,16,19)/t7-/m0/s1. The third-order valence-electron chi connectivity index (χ3n) is 2.25. The van der Waals surface area contributed by atoms with Gasteiger partial charge in [0.15, 0.2) is 11.6 Å². The molecule has 5 nitrogen and oxygen atoms in total. The Morgan fingerprint density at radius 3 is 2.47 bits per heavy atom. The molecule has 104 valence electrons. The first-order valence-corrected chi connectivity index (χ1v) is 5.30. The summed E-state index contributed by atoms with van der Waals surface area (Å²) in [6, 6.07) is -1.34. The number of hydrogen-bond acceptors (Lipinski definition) is 2. The largest absolute Gasteiger partial charge is 0.480 e. The van der Waals surface area contributed by atoms with Crippen molar-refractivity contribution in [1.29, 1.82) is 0 Å². The van der Waals surface area contributed by atoms with Crippen molar-refractivity contribution in [2.45, 2.75) is 19.4 Å². The molecule has 0 aliphatic heterocycles. The molecule has 0 saturated carbocycles. The van der Waals surface area contributed by atoms with Gasteiger partial charge in [-0.25, -0.2) is 22.8 Å². The number of carboxylic acids is 1. The fourth-order valence-electron chi connectivity index (χ4n) is 1.30. The Balaban J connectivity index is 2.80. The van der Waals surface area contributed by atoms with Crippen LogP contribution in [0.2, 0.25) is 0 Å². The van der Waals surface area contributed by atoms with Gasteiger partial charge in [-0.05, 0) is 6.42 Å². The van der Waals surface area contributed by atoms with E-state index in [1.165, 1.54) is 6.92 Å². The van der Waals surface area contributed by atoms with Crippen LogP contribution in [0.15, 0.2) is 12.1 Å². The molecular weight excluding hydrogens is 265 g/mol. The Kier molecular flexibility index (Phi) is 4.74. The van der Waals surface area contributed by atoms with E-state index in [1.54, 1.807) is 0 Å². The Bertz CT molecular complexity index is 508. The number of urea groups is 1. The molecule has 0 aliphatic rings. The van der Waals surface area contributed by atoms with E-state index in [9.17, 15) is 22.8 Å². The zero-order valence-corrected chi connectivity index (χ0v) is 9.84. The van der Waals surface area contributed by atoms with Crippen molar-refractivity contribution < 1.29 is 27.9 Å². The van der Waals surface area contributed by atoms with Crippen LogP contribution < -0.4 is 10.6 Å². The third kappa shape index (κ3) is 3.87. The second kappa shape index (κ2) is 6.07. The first kappa shape index (κ1) is 14.8. The third-order valence-corrected chi connectivity index (χ3v) is 2.25. The minimum Gasteiger partial charge on any atom is -0.480 e. The summed E-state index contributed by atoms with van der Waals surface area (Å²) in [5.41, 5.74) is -0.713. The zero-order valence-electron chi connectivity index (χ0n) is 9.84. The molecule has 1 atom stereocenters. The van der Waals surface area contributed by atoms with E-state index in [2.05, 4.69) is 0 Å². The average molecular weight is 276 g/mol. The monoisotopic (exact) mass is 276 g/mol. The lowest BCUT2D eigenvalue weighted by atomic mass is 10.2. The number of carbonyl (C=O) groups is 2. The van der Waals surface area contributed by atoms with E-state index in [0.717, 1.165) is 0 Å². The number of aliphatic carboxylic acids is 1. The first-order valence-electron chi connectivity index (χ1n) is 5.30. The smallest absolute Gasteiger partial charge is 0.326 e. The van der Waals surface area contributed by atoms with Crippen molar-refractivity contribution in [3.63, 3.8) is 0 Å². The summed E-state index contributed by atoms with van der Waals surface area (Å²) in [5, 5.41) is 12.6. The molecule has 0 heterocycles. The lowest BCUT2D eigenvalue weighted by molar-refractivity contribution is -0.139. The molecular formula is C11H11F3N2O3. The highest BCUT2D eigenvalue weighted by Gasteiger charge is 2.19. The maximum absolute atomic E-state index is 13.2. The highest BCUT2D eigenvalue weighted by molar-refractivity contribution is 5.92. The van der Waals surface area contributed by atoms with Crippen molar-refractivity contribution in [2.24, 2.45) is 0 Å². The molecule has 0 aromatic heterocycles. The van der Waals surface area contributed by atoms with Crippen LogP contribution in [-0.4, -0.2) is 23.1 Å². The fraction of sp³-hybridized carbons (Fsp3) is 0.273. The predicted molar refractivity (Wildman–Crippen MR) is 60.2 cm³/mol. The summed E-state index contributed by atoms with van der Waals surface area (Å²) in [5.74, 6) is -5.23. The predicted octanol–water partition coefficient (Wildman–Crippen LogP) is 2.09. The van der Waals surface area contributed by atoms with E-state index in [1.807, 2.05) is 10.6 Å². The first-order chi connectivity index (χ1) is 8.85. The number of nitrogens with one attached hydrogen (secondary N) is 2. The maximum Gasteiger partial charge on any atom is 0.326 e. The minimum absolute atomic E-state index is 0.0999. The summed E-state index contributed by atoms with van der Waals surface area (Å²) in [4.78, 5) is 22.0. The van der Waals surface area contributed by atoms with Gasteiger partial charge in [-0.3, -0.25) is 0 Å². The molecule has 1 aromatic rings. The fourth-order valence-corrected chi connectivity index (χ4v) is 1.30. The van der Waals surface area contributed by atoms with Gasteiger partial charge in [0, 0.05) is 12.1 Å². The molecule has 2 amide bonds. The van der Waals surface area contributed by atoms with Crippen LogP contribution >= 0.6 is 0 Å². The number of anilines is 1. The molecule has 0 saturated heterocycles. The molecule has 3 N–H and O–H groups in total. The van der Waals surface area contributed by atoms with Gasteiger partial charge in [0.25, 0.3) is 0 Å². The number of amides is 2. The molecule has 0 unspecified atom stereocenters. The van der Waals surface area contributed by atoms with Crippen LogP contribution in [0.1, 0.15) is 13.3 Å². The normalized spacial score (nSPS) is 11.8. The van der Waals surface area contributed by atoms with Gasteiger partial charge in [-0.1, -0.05) is 6.92 Å². The maximum atomic E-state index is 13.2. The molecule has 1 aromatic carbocycles. The quantitative estimate of drug-likeness (QED) is 0.737. The summed E-state index contributed by atoms with van der Waals surface area (Å²) >= 11 is 0. The zero-order chi connectivity index (χ0) is 14.6. The van der Waals surface area contributed by atoms with Gasteiger partial charge in [-0.2, -0.15) is 0 Å². The second-order valence-electron chi connectivity index (χ2n) is 3.65. The number of rotatable bonds is 4. The van der Waals surface area contributed by atoms with Gasteiger partial charge in [-0.15, -0.1) is 0 Å². The van der Waals surface area contributed by atoms with Crippen LogP contribution in [0.25, 0.3) is 0 Å². The van der Waals surface area contributed by atoms with Crippen molar-refractivity contribution in [2.75, 3.05) is 5.32 Å². The highest BCUT2D eigenvalue weighted by Crippen LogP contribution is 2.18. The van der Waals surface area contributed by atoms with Crippen molar-refractivity contribution in [3.05, 3.63) is 29.6 Å². The summed E-state index contributed by atoms with van der Waals surface area (Å²) < 4.78 is 38.9. The Morgan fingerprint density at radius 2 is 1.95 bits per heavy atom. The van der Waals surface area contributed by atoms with Crippen molar-refractivity contribution in [1.82, 2.24) is 5.32 Å². The molecule has 19 heavy (non-hydrogen) atoms. The van der Waals surface area contributed by atoms with Crippen LogP contribution in [0.4, 0.5) is 23.7 Å². The molecule has 0 radical (unpaired) electrons. The van der Waals surface area contributed by atoms with Crippen molar-refractivity contribution in [3.8, 4) is 0 Å². The average Bonchev–Trinajstić information content (AvgIpc) is 2.32. The van der Waals surface area contributed by atoms with Gasteiger partial charge in [0.05, 0.1) is 5.69 Å². The van der Waals surface area contributed by atoms with E-state index >= 15 is 0 Å². The second-order valence-corrected chi connectivity index (χ2v) is 3.65. The summed E-state index contributed by atoms with van der Waals surface area (Å²) in [6.45, 7) is 1.52. The molecule has 0 aliphatic carbocycles. The van der Waals surface area contributed by atoms with E-state index in [4.69, 9.17) is 5.11 Å². The molecule has 0 fully saturated rings. The number of carboxylic acid groups (broad SMARTS) is 1. The number of hydrogen-bond donors (Lipinski definition) is 3. The van der Waals surface area contributed by atoms with E-state index < -0.39 is 41.2 Å². The van der Waals surface area contributed by atoms with Crippen LogP contribution in [0, 0.1) is 17.5 Å². The molecule has 0 spiro atoms. The Hall–Kier alpha value is -2.25. The van der Waals surface area contributed by atoms with Gasteiger partial charge >= 0.3 is 12.0 Å². The van der Waals surface area contributed by atoms with E-state index in [0.29, 0.717) is 12.1 Å². The lowest BCUT2D eigenvalue weighted by Crippen LogP contribution is -2.42.